The van der Waals surface area contributed by atoms with Crippen LogP contribution in [-0.2, 0) is 14.3 Å². The maximum absolute atomic E-state index is 12.1. The lowest BCUT2D eigenvalue weighted by Gasteiger charge is -2.11. The number of ether oxygens (including phenoxy) is 1. The average Bonchev–Trinajstić information content (AvgIpc) is 2.58. The lowest BCUT2D eigenvalue weighted by atomic mass is 10.1. The number of anilines is 2. The van der Waals surface area contributed by atoms with Gasteiger partial charge in [-0.15, -0.1) is 0 Å². The topological polar surface area (TPSA) is 84.5 Å². The summed E-state index contributed by atoms with van der Waals surface area (Å²) >= 11 is 6.13. The third-order valence-electron chi connectivity index (χ3n) is 3.53. The molecule has 0 aliphatic heterocycles. The van der Waals surface area contributed by atoms with Gasteiger partial charge in [0.1, 0.15) is 0 Å². The number of carbonyl (C=O) groups is 3. The molecule has 0 aromatic heterocycles. The van der Waals surface area contributed by atoms with E-state index in [-0.39, 0.29) is 6.61 Å². The molecule has 2 aromatic carbocycles. The number of hydrogen-bond acceptors (Lipinski definition) is 4. The smallest absolute Gasteiger partial charge is 0.338 e. The number of hydrogen-bond donors (Lipinski definition) is 2. The summed E-state index contributed by atoms with van der Waals surface area (Å²) in [6.45, 7) is 5.67. The zero-order chi connectivity index (χ0) is 19.3. The highest BCUT2D eigenvalue weighted by molar-refractivity contribution is 6.45. The Morgan fingerprint density at radius 2 is 1.62 bits per heavy atom. The van der Waals surface area contributed by atoms with Gasteiger partial charge >= 0.3 is 17.8 Å². The fourth-order valence-corrected chi connectivity index (χ4v) is 2.70. The van der Waals surface area contributed by atoms with Gasteiger partial charge in [0.15, 0.2) is 0 Å². The summed E-state index contributed by atoms with van der Waals surface area (Å²) in [5.74, 6) is -2.13. The summed E-state index contributed by atoms with van der Waals surface area (Å²) < 4.78 is 4.88. The number of aryl methyl sites for hydroxylation is 2. The second-order valence-corrected chi connectivity index (χ2v) is 6.05. The van der Waals surface area contributed by atoms with Crippen LogP contribution < -0.4 is 10.6 Å². The summed E-state index contributed by atoms with van der Waals surface area (Å²) in [6.07, 6.45) is 0. The Balaban J connectivity index is 2.03. The van der Waals surface area contributed by atoms with E-state index in [4.69, 9.17) is 16.3 Å². The summed E-state index contributed by atoms with van der Waals surface area (Å²) in [6, 6.07) is 9.60. The monoisotopic (exact) mass is 374 g/mol. The average molecular weight is 375 g/mol. The van der Waals surface area contributed by atoms with Gasteiger partial charge in [-0.25, -0.2) is 4.79 Å². The summed E-state index contributed by atoms with van der Waals surface area (Å²) in [5, 5.41) is 5.34. The SMILES string of the molecule is CCOC(=O)c1ccc(NC(=O)C(=O)Nc2c(C)cc(C)cc2Cl)cc1. The number of nitrogens with one attached hydrogen (secondary N) is 2. The minimum absolute atomic E-state index is 0.276. The first kappa shape index (κ1) is 19.5. The van der Waals surface area contributed by atoms with Crippen molar-refractivity contribution >= 4 is 40.8 Å². The molecule has 0 bridgehead atoms. The highest BCUT2D eigenvalue weighted by atomic mass is 35.5. The molecule has 0 aliphatic rings. The zero-order valence-corrected chi connectivity index (χ0v) is 15.4. The second kappa shape index (κ2) is 8.49. The number of carbonyl (C=O) groups excluding carboxylic acids is 3. The van der Waals surface area contributed by atoms with E-state index in [1.165, 1.54) is 24.3 Å². The van der Waals surface area contributed by atoms with Crippen LogP contribution in [0, 0.1) is 13.8 Å². The molecule has 2 aromatic rings. The molecule has 6 nitrogen and oxygen atoms in total. The zero-order valence-electron chi connectivity index (χ0n) is 14.7. The van der Waals surface area contributed by atoms with E-state index in [1.807, 2.05) is 13.0 Å². The summed E-state index contributed by atoms with van der Waals surface area (Å²) in [7, 11) is 0. The van der Waals surface area contributed by atoms with E-state index < -0.39 is 17.8 Å². The molecule has 2 rings (SSSR count). The fourth-order valence-electron chi connectivity index (χ4n) is 2.34. The van der Waals surface area contributed by atoms with Crippen LogP contribution in [0.15, 0.2) is 36.4 Å². The van der Waals surface area contributed by atoms with Crippen LogP contribution in [-0.4, -0.2) is 24.4 Å². The van der Waals surface area contributed by atoms with Crippen molar-refractivity contribution in [1.29, 1.82) is 0 Å². The van der Waals surface area contributed by atoms with Gasteiger partial charge in [0.25, 0.3) is 0 Å². The number of benzene rings is 2. The number of halogens is 1. The molecule has 0 saturated heterocycles. The standard InChI is InChI=1S/C19H19ClN2O4/c1-4-26-19(25)13-5-7-14(8-6-13)21-17(23)18(24)22-16-12(3)9-11(2)10-15(16)20/h5-10H,4H2,1-3H3,(H,21,23)(H,22,24). The molecule has 2 amide bonds. The first-order valence-corrected chi connectivity index (χ1v) is 8.36. The van der Waals surface area contributed by atoms with Crippen molar-refractivity contribution in [2.75, 3.05) is 17.2 Å². The fraction of sp³-hybridized carbons (Fsp3) is 0.211. The Bertz CT molecular complexity index is 824. The normalized spacial score (nSPS) is 10.2. The first-order chi connectivity index (χ1) is 12.3. The highest BCUT2D eigenvalue weighted by Crippen LogP contribution is 2.27. The quantitative estimate of drug-likeness (QED) is 0.631. The minimum Gasteiger partial charge on any atom is -0.462 e. The van der Waals surface area contributed by atoms with Gasteiger partial charge in [0, 0.05) is 5.69 Å². The van der Waals surface area contributed by atoms with E-state index in [1.54, 1.807) is 19.9 Å². The van der Waals surface area contributed by atoms with E-state index in [0.29, 0.717) is 22.0 Å². The Morgan fingerprint density at radius 3 is 2.19 bits per heavy atom. The van der Waals surface area contributed by atoms with Crippen LogP contribution in [0.1, 0.15) is 28.4 Å². The van der Waals surface area contributed by atoms with Crippen LogP contribution in [0.2, 0.25) is 5.02 Å². The van der Waals surface area contributed by atoms with Crippen LogP contribution in [0.25, 0.3) is 0 Å². The molecule has 0 heterocycles. The molecule has 0 unspecified atom stereocenters. The molecule has 136 valence electrons. The van der Waals surface area contributed by atoms with Crippen LogP contribution in [0.4, 0.5) is 11.4 Å². The van der Waals surface area contributed by atoms with Crippen molar-refractivity contribution in [1.82, 2.24) is 0 Å². The number of rotatable bonds is 4. The molecule has 7 heteroatoms. The van der Waals surface area contributed by atoms with Crippen LogP contribution in [0.5, 0.6) is 0 Å². The first-order valence-electron chi connectivity index (χ1n) is 7.98. The maximum Gasteiger partial charge on any atom is 0.338 e. The molecule has 0 aliphatic carbocycles. The predicted octanol–water partition coefficient (Wildman–Crippen LogP) is 3.71. The van der Waals surface area contributed by atoms with E-state index in [2.05, 4.69) is 10.6 Å². The lowest BCUT2D eigenvalue weighted by molar-refractivity contribution is -0.133. The molecule has 0 spiro atoms. The minimum atomic E-state index is -0.843. The lowest BCUT2D eigenvalue weighted by Crippen LogP contribution is -2.29. The van der Waals surface area contributed by atoms with E-state index in [0.717, 1.165) is 11.1 Å². The van der Waals surface area contributed by atoms with Crippen molar-refractivity contribution < 1.29 is 19.1 Å². The van der Waals surface area contributed by atoms with Crippen molar-refractivity contribution in [2.24, 2.45) is 0 Å². The van der Waals surface area contributed by atoms with Crippen molar-refractivity contribution in [2.45, 2.75) is 20.8 Å². The van der Waals surface area contributed by atoms with Crippen molar-refractivity contribution in [3.8, 4) is 0 Å². The molecular formula is C19H19ClN2O4. The molecule has 2 N–H and O–H groups in total. The molecule has 26 heavy (non-hydrogen) atoms. The van der Waals surface area contributed by atoms with Gasteiger partial charge in [0.05, 0.1) is 22.9 Å². The maximum atomic E-state index is 12.1. The van der Waals surface area contributed by atoms with Gasteiger partial charge in [-0.05, 0) is 62.2 Å². The Morgan fingerprint density at radius 1 is 1.00 bits per heavy atom. The second-order valence-electron chi connectivity index (χ2n) is 5.64. The van der Waals surface area contributed by atoms with Gasteiger partial charge in [-0.3, -0.25) is 9.59 Å². The highest BCUT2D eigenvalue weighted by Gasteiger charge is 2.17. The molecule has 0 saturated carbocycles. The van der Waals surface area contributed by atoms with E-state index >= 15 is 0 Å². The van der Waals surface area contributed by atoms with Crippen molar-refractivity contribution in [3.05, 3.63) is 58.1 Å². The van der Waals surface area contributed by atoms with E-state index in [9.17, 15) is 14.4 Å². The summed E-state index contributed by atoms with van der Waals surface area (Å²) in [4.78, 5) is 35.8. The van der Waals surface area contributed by atoms with Gasteiger partial charge in [-0.2, -0.15) is 0 Å². The molecule has 0 fully saturated rings. The largest absolute Gasteiger partial charge is 0.462 e. The number of esters is 1. The van der Waals surface area contributed by atoms with Crippen LogP contribution >= 0.6 is 11.6 Å². The Kier molecular flexibility index (Phi) is 6.36. The number of amides is 2. The van der Waals surface area contributed by atoms with Gasteiger partial charge < -0.3 is 15.4 Å². The molecular weight excluding hydrogens is 356 g/mol. The molecule has 0 radical (unpaired) electrons. The van der Waals surface area contributed by atoms with Crippen molar-refractivity contribution in [3.63, 3.8) is 0 Å². The third-order valence-corrected chi connectivity index (χ3v) is 3.83. The third kappa shape index (κ3) is 4.83. The van der Waals surface area contributed by atoms with Gasteiger partial charge in [0.2, 0.25) is 0 Å². The Hall–Kier alpha value is -2.86. The Labute approximate surface area is 156 Å². The van der Waals surface area contributed by atoms with Crippen LogP contribution in [0.3, 0.4) is 0 Å². The predicted molar refractivity (Wildman–Crippen MR) is 101 cm³/mol. The molecule has 0 atom stereocenters. The van der Waals surface area contributed by atoms with Gasteiger partial charge in [-0.1, -0.05) is 17.7 Å². The summed E-state index contributed by atoms with van der Waals surface area (Å²) in [5.41, 5.74) is 2.85.